The second-order valence-corrected chi connectivity index (χ2v) is 5.19. The maximum atomic E-state index is 9.96. The van der Waals surface area contributed by atoms with Gasteiger partial charge in [0.15, 0.2) is 0 Å². The summed E-state index contributed by atoms with van der Waals surface area (Å²) in [4.78, 5) is 1.81. The molecule has 6 heteroatoms. The first-order valence-corrected chi connectivity index (χ1v) is 7.99. The van der Waals surface area contributed by atoms with Crippen molar-refractivity contribution in [3.05, 3.63) is 0 Å². The van der Waals surface area contributed by atoms with Crippen LogP contribution in [0, 0.1) is 0 Å². The number of nitrogens with zero attached hydrogens (tertiary/aromatic N) is 1. The third-order valence-corrected chi connectivity index (χ3v) is 3.23. The van der Waals surface area contributed by atoms with Gasteiger partial charge >= 0.3 is 0 Å². The van der Waals surface area contributed by atoms with E-state index in [1.807, 2.05) is 11.8 Å². The molecule has 0 spiro atoms. The third kappa shape index (κ3) is 12.0. The van der Waals surface area contributed by atoms with Crippen LogP contribution in [-0.4, -0.2) is 85.1 Å². The molecule has 0 saturated heterocycles. The van der Waals surface area contributed by atoms with E-state index in [4.69, 9.17) is 19.7 Å². The molecule has 0 aliphatic heterocycles. The summed E-state index contributed by atoms with van der Waals surface area (Å²) in [5, 5.41) is 27.8. The topological polar surface area (TPSA) is 82.4 Å². The predicted octanol–water partition coefficient (Wildman–Crippen LogP) is 0.246. The van der Waals surface area contributed by atoms with E-state index in [-0.39, 0.29) is 25.9 Å². The molecule has 21 heavy (non-hydrogen) atoms. The Hall–Kier alpha value is -0.240. The minimum Gasteiger partial charge on any atom is -0.395 e. The molecule has 6 nitrogen and oxygen atoms in total. The number of ether oxygens (including phenoxy) is 2. The summed E-state index contributed by atoms with van der Waals surface area (Å²) in [6.45, 7) is 6.98. The molecule has 0 fully saturated rings. The lowest BCUT2D eigenvalue weighted by Gasteiger charge is -2.24. The van der Waals surface area contributed by atoms with E-state index in [2.05, 4.69) is 6.92 Å². The number of aliphatic hydroxyl groups excluding tert-OH is 3. The SMILES string of the molecule is CCCCOCC(CC)OCC(O)CN(CCO)CCO. The fourth-order valence-corrected chi connectivity index (χ4v) is 1.92. The summed E-state index contributed by atoms with van der Waals surface area (Å²) in [5.74, 6) is 0. The van der Waals surface area contributed by atoms with E-state index >= 15 is 0 Å². The third-order valence-electron chi connectivity index (χ3n) is 3.23. The second-order valence-electron chi connectivity index (χ2n) is 5.19. The normalized spacial score (nSPS) is 14.6. The fourth-order valence-electron chi connectivity index (χ4n) is 1.92. The summed E-state index contributed by atoms with van der Waals surface area (Å²) in [6.07, 6.45) is 2.38. The molecule has 0 radical (unpaired) electrons. The second kappa shape index (κ2) is 14.7. The van der Waals surface area contributed by atoms with Gasteiger partial charge in [-0.05, 0) is 12.8 Å². The van der Waals surface area contributed by atoms with Gasteiger partial charge in [0.05, 0.1) is 38.6 Å². The van der Waals surface area contributed by atoms with Gasteiger partial charge in [0, 0.05) is 26.2 Å². The fraction of sp³-hybridized carbons (Fsp3) is 1.00. The van der Waals surface area contributed by atoms with Crippen molar-refractivity contribution in [3.8, 4) is 0 Å². The molecule has 0 aliphatic carbocycles. The highest BCUT2D eigenvalue weighted by Gasteiger charge is 2.14. The summed E-state index contributed by atoms with van der Waals surface area (Å²) in [7, 11) is 0. The molecule has 0 aromatic carbocycles. The van der Waals surface area contributed by atoms with Crippen LogP contribution >= 0.6 is 0 Å². The van der Waals surface area contributed by atoms with E-state index in [1.165, 1.54) is 0 Å². The Morgan fingerprint density at radius 2 is 1.71 bits per heavy atom. The molecular formula is C15H33NO5. The summed E-state index contributed by atoms with van der Waals surface area (Å²) >= 11 is 0. The average molecular weight is 307 g/mol. The molecule has 0 aromatic rings. The van der Waals surface area contributed by atoms with Crippen molar-refractivity contribution in [2.45, 2.75) is 45.3 Å². The lowest BCUT2D eigenvalue weighted by molar-refractivity contribution is -0.0571. The van der Waals surface area contributed by atoms with Crippen molar-refractivity contribution < 1.29 is 24.8 Å². The van der Waals surface area contributed by atoms with Gasteiger partial charge in [-0.2, -0.15) is 0 Å². The van der Waals surface area contributed by atoms with Crippen LogP contribution in [0.1, 0.15) is 33.1 Å². The van der Waals surface area contributed by atoms with Gasteiger partial charge in [-0.25, -0.2) is 0 Å². The van der Waals surface area contributed by atoms with Crippen molar-refractivity contribution in [2.24, 2.45) is 0 Å². The monoisotopic (exact) mass is 307 g/mol. The number of rotatable bonds is 15. The molecule has 128 valence electrons. The molecular weight excluding hydrogens is 274 g/mol. The molecule has 2 atom stereocenters. The average Bonchev–Trinajstić information content (AvgIpc) is 2.47. The highest BCUT2D eigenvalue weighted by atomic mass is 16.5. The molecule has 0 saturated carbocycles. The molecule has 0 bridgehead atoms. The van der Waals surface area contributed by atoms with Crippen molar-refractivity contribution in [1.29, 1.82) is 0 Å². The number of hydrogen-bond donors (Lipinski definition) is 3. The van der Waals surface area contributed by atoms with E-state index in [0.29, 0.717) is 26.2 Å². The number of unbranched alkanes of at least 4 members (excludes halogenated alkanes) is 1. The molecule has 0 amide bonds. The highest BCUT2D eigenvalue weighted by Crippen LogP contribution is 2.02. The van der Waals surface area contributed by atoms with Gasteiger partial charge in [-0.3, -0.25) is 4.90 Å². The Kier molecular flexibility index (Phi) is 14.5. The first kappa shape index (κ1) is 20.8. The zero-order valence-corrected chi connectivity index (χ0v) is 13.5. The Morgan fingerprint density at radius 3 is 2.24 bits per heavy atom. The quantitative estimate of drug-likeness (QED) is 0.376. The zero-order chi connectivity index (χ0) is 15.9. The van der Waals surface area contributed by atoms with Crippen LogP contribution in [-0.2, 0) is 9.47 Å². The van der Waals surface area contributed by atoms with Crippen molar-refractivity contribution in [2.75, 3.05) is 52.7 Å². The van der Waals surface area contributed by atoms with E-state index < -0.39 is 6.10 Å². The standard InChI is InChI=1S/C15H33NO5/c1-3-5-10-20-13-15(4-2)21-12-14(19)11-16(6-8-17)7-9-18/h14-15,17-19H,3-13H2,1-2H3. The van der Waals surface area contributed by atoms with Crippen LogP contribution in [0.25, 0.3) is 0 Å². The molecule has 0 rings (SSSR count). The van der Waals surface area contributed by atoms with Gasteiger partial charge in [-0.1, -0.05) is 20.3 Å². The molecule has 0 heterocycles. The Morgan fingerprint density at radius 1 is 1.05 bits per heavy atom. The first-order valence-electron chi connectivity index (χ1n) is 7.99. The number of hydrogen-bond acceptors (Lipinski definition) is 6. The summed E-state index contributed by atoms with van der Waals surface area (Å²) < 4.78 is 11.2. The van der Waals surface area contributed by atoms with Crippen LogP contribution in [0.15, 0.2) is 0 Å². The van der Waals surface area contributed by atoms with Crippen molar-refractivity contribution in [1.82, 2.24) is 4.90 Å². The lowest BCUT2D eigenvalue weighted by atomic mass is 10.3. The minimum atomic E-state index is -0.632. The Bertz CT molecular complexity index is 212. The van der Waals surface area contributed by atoms with Crippen LogP contribution in [0.5, 0.6) is 0 Å². The minimum absolute atomic E-state index is 0.000592. The predicted molar refractivity (Wildman–Crippen MR) is 82.4 cm³/mol. The lowest BCUT2D eigenvalue weighted by Crippen LogP contribution is -2.39. The van der Waals surface area contributed by atoms with Gasteiger partial charge < -0.3 is 24.8 Å². The first-order chi connectivity index (χ1) is 10.2. The molecule has 3 N–H and O–H groups in total. The van der Waals surface area contributed by atoms with Gasteiger partial charge in [0.1, 0.15) is 0 Å². The van der Waals surface area contributed by atoms with Crippen LogP contribution < -0.4 is 0 Å². The van der Waals surface area contributed by atoms with E-state index in [1.54, 1.807) is 0 Å². The molecule has 0 aliphatic rings. The largest absolute Gasteiger partial charge is 0.395 e. The van der Waals surface area contributed by atoms with Crippen LogP contribution in [0.2, 0.25) is 0 Å². The van der Waals surface area contributed by atoms with Crippen molar-refractivity contribution in [3.63, 3.8) is 0 Å². The zero-order valence-electron chi connectivity index (χ0n) is 13.5. The van der Waals surface area contributed by atoms with E-state index in [9.17, 15) is 5.11 Å². The summed E-state index contributed by atoms with van der Waals surface area (Å²) in [6, 6.07) is 0. The Labute approximate surface area is 128 Å². The van der Waals surface area contributed by atoms with Crippen molar-refractivity contribution >= 4 is 0 Å². The summed E-state index contributed by atoms with van der Waals surface area (Å²) in [5.41, 5.74) is 0. The van der Waals surface area contributed by atoms with Gasteiger partial charge in [-0.15, -0.1) is 0 Å². The van der Waals surface area contributed by atoms with Crippen LogP contribution in [0.3, 0.4) is 0 Å². The molecule has 2 unspecified atom stereocenters. The highest BCUT2D eigenvalue weighted by molar-refractivity contribution is 4.65. The van der Waals surface area contributed by atoms with Crippen LogP contribution in [0.4, 0.5) is 0 Å². The maximum Gasteiger partial charge on any atom is 0.0900 e. The molecule has 0 aromatic heterocycles. The van der Waals surface area contributed by atoms with Gasteiger partial charge in [0.2, 0.25) is 0 Å². The maximum absolute atomic E-state index is 9.96. The number of aliphatic hydroxyl groups is 3. The van der Waals surface area contributed by atoms with Gasteiger partial charge in [0.25, 0.3) is 0 Å². The Balaban J connectivity index is 3.87. The smallest absolute Gasteiger partial charge is 0.0900 e. The van der Waals surface area contributed by atoms with E-state index in [0.717, 1.165) is 25.9 Å².